The van der Waals surface area contributed by atoms with Gasteiger partial charge in [0.05, 0.1) is 0 Å². The van der Waals surface area contributed by atoms with Crippen molar-refractivity contribution in [3.63, 3.8) is 0 Å². The van der Waals surface area contributed by atoms with Crippen molar-refractivity contribution in [2.75, 3.05) is 6.54 Å². The average Bonchev–Trinajstić information content (AvgIpc) is 2.05. The van der Waals surface area contributed by atoms with Gasteiger partial charge in [-0.05, 0) is 25.5 Å². The molecule has 0 spiro atoms. The van der Waals surface area contributed by atoms with Crippen molar-refractivity contribution >= 4 is 5.91 Å². The molecule has 0 bridgehead atoms. The highest BCUT2D eigenvalue weighted by Gasteiger charge is 2.04. The minimum Gasteiger partial charge on any atom is -0.352 e. The molecule has 1 radical (unpaired) electrons. The van der Waals surface area contributed by atoms with Crippen LogP contribution >= 0.6 is 0 Å². The third kappa shape index (κ3) is 1.84. The van der Waals surface area contributed by atoms with Crippen LogP contribution in [0.2, 0.25) is 0 Å². The van der Waals surface area contributed by atoms with Crippen molar-refractivity contribution in [2.24, 2.45) is 0 Å². The average molecular weight is 162 g/mol. The van der Waals surface area contributed by atoms with Gasteiger partial charge in [0, 0.05) is 12.1 Å². The standard InChI is InChI=1S/C10H12NO/c1-3-11-10(12)9-7-5-4-6-8(9)2/h4-7H,2-3H2,1H3,(H,11,12). The van der Waals surface area contributed by atoms with Gasteiger partial charge in [-0.3, -0.25) is 4.79 Å². The summed E-state index contributed by atoms with van der Waals surface area (Å²) in [5.74, 6) is -0.0527. The Balaban J connectivity index is 2.87. The van der Waals surface area contributed by atoms with Gasteiger partial charge in [-0.25, -0.2) is 0 Å². The molecule has 1 amide bonds. The fourth-order valence-electron chi connectivity index (χ4n) is 0.998. The molecule has 1 aromatic rings. The quantitative estimate of drug-likeness (QED) is 0.703. The van der Waals surface area contributed by atoms with E-state index < -0.39 is 0 Å². The van der Waals surface area contributed by atoms with Gasteiger partial charge in [-0.1, -0.05) is 18.2 Å². The van der Waals surface area contributed by atoms with E-state index >= 15 is 0 Å². The molecule has 2 nitrogen and oxygen atoms in total. The molecule has 0 aromatic heterocycles. The zero-order valence-electron chi connectivity index (χ0n) is 7.13. The summed E-state index contributed by atoms with van der Waals surface area (Å²) in [6.07, 6.45) is 0. The number of benzene rings is 1. The van der Waals surface area contributed by atoms with E-state index in [4.69, 9.17) is 0 Å². The Morgan fingerprint density at radius 2 is 2.17 bits per heavy atom. The fraction of sp³-hybridized carbons (Fsp3) is 0.200. The largest absolute Gasteiger partial charge is 0.352 e. The monoisotopic (exact) mass is 162 g/mol. The van der Waals surface area contributed by atoms with Crippen molar-refractivity contribution in [2.45, 2.75) is 6.92 Å². The first kappa shape index (κ1) is 8.78. The van der Waals surface area contributed by atoms with Gasteiger partial charge in [0.15, 0.2) is 0 Å². The zero-order chi connectivity index (χ0) is 8.97. The molecule has 0 fully saturated rings. The first-order valence-corrected chi connectivity index (χ1v) is 3.95. The van der Waals surface area contributed by atoms with Crippen molar-refractivity contribution in [1.82, 2.24) is 5.32 Å². The summed E-state index contributed by atoms with van der Waals surface area (Å²) in [5.41, 5.74) is 1.42. The molecule has 12 heavy (non-hydrogen) atoms. The van der Waals surface area contributed by atoms with Crippen LogP contribution < -0.4 is 5.32 Å². The van der Waals surface area contributed by atoms with Crippen LogP contribution in [0.4, 0.5) is 0 Å². The number of hydrogen-bond donors (Lipinski definition) is 1. The topological polar surface area (TPSA) is 29.1 Å². The molecule has 2 heteroatoms. The number of carbonyl (C=O) groups is 1. The highest BCUT2D eigenvalue weighted by atomic mass is 16.1. The Hall–Kier alpha value is -1.31. The molecule has 0 saturated heterocycles. The fourth-order valence-corrected chi connectivity index (χ4v) is 0.998. The minimum absolute atomic E-state index is 0.0527. The molecule has 1 rings (SSSR count). The summed E-state index contributed by atoms with van der Waals surface area (Å²) in [5, 5.41) is 2.72. The van der Waals surface area contributed by atoms with Crippen molar-refractivity contribution in [1.29, 1.82) is 0 Å². The predicted molar refractivity (Wildman–Crippen MR) is 48.9 cm³/mol. The van der Waals surface area contributed by atoms with Gasteiger partial charge < -0.3 is 5.32 Å². The van der Waals surface area contributed by atoms with Gasteiger partial charge in [-0.2, -0.15) is 0 Å². The van der Waals surface area contributed by atoms with E-state index in [9.17, 15) is 4.79 Å². The predicted octanol–water partition coefficient (Wildman–Crippen LogP) is 1.62. The third-order valence-corrected chi connectivity index (χ3v) is 1.60. The summed E-state index contributed by atoms with van der Waals surface area (Å²) in [7, 11) is 0. The maximum atomic E-state index is 11.3. The van der Waals surface area contributed by atoms with Crippen molar-refractivity contribution in [3.8, 4) is 0 Å². The van der Waals surface area contributed by atoms with Crippen LogP contribution in [-0.2, 0) is 0 Å². The summed E-state index contributed by atoms with van der Waals surface area (Å²) in [4.78, 5) is 11.3. The van der Waals surface area contributed by atoms with Crippen LogP contribution in [0.25, 0.3) is 0 Å². The van der Waals surface area contributed by atoms with Gasteiger partial charge >= 0.3 is 0 Å². The van der Waals surface area contributed by atoms with E-state index in [1.807, 2.05) is 25.1 Å². The van der Waals surface area contributed by atoms with Crippen LogP contribution in [0, 0.1) is 6.92 Å². The maximum absolute atomic E-state index is 11.3. The Labute approximate surface area is 72.6 Å². The van der Waals surface area contributed by atoms with Crippen LogP contribution in [0.3, 0.4) is 0 Å². The van der Waals surface area contributed by atoms with Crippen LogP contribution in [0.5, 0.6) is 0 Å². The van der Waals surface area contributed by atoms with Gasteiger partial charge in [0.2, 0.25) is 0 Å². The molecule has 0 aliphatic heterocycles. The Bertz CT molecular complexity index is 281. The van der Waals surface area contributed by atoms with E-state index in [0.717, 1.165) is 5.56 Å². The first-order valence-electron chi connectivity index (χ1n) is 3.95. The zero-order valence-corrected chi connectivity index (χ0v) is 7.13. The Kier molecular flexibility index (Phi) is 2.86. The summed E-state index contributed by atoms with van der Waals surface area (Å²) in [6, 6.07) is 7.29. The lowest BCUT2D eigenvalue weighted by molar-refractivity contribution is 0.0955. The highest BCUT2D eigenvalue weighted by Crippen LogP contribution is 2.05. The molecule has 0 aliphatic rings. The van der Waals surface area contributed by atoms with Crippen molar-refractivity contribution < 1.29 is 4.79 Å². The lowest BCUT2D eigenvalue weighted by atomic mass is 10.1. The molecule has 1 N–H and O–H groups in total. The number of rotatable bonds is 2. The summed E-state index contributed by atoms with van der Waals surface area (Å²) in [6.45, 7) is 6.30. The molecule has 0 heterocycles. The smallest absolute Gasteiger partial charge is 0.251 e. The second kappa shape index (κ2) is 3.90. The number of carbonyl (C=O) groups excluding carboxylic acids is 1. The molecular weight excluding hydrogens is 150 g/mol. The van der Waals surface area contributed by atoms with Gasteiger partial charge in [0.25, 0.3) is 5.91 Å². The molecule has 1 aromatic carbocycles. The lowest BCUT2D eigenvalue weighted by Crippen LogP contribution is -2.23. The Morgan fingerprint density at radius 3 is 2.75 bits per heavy atom. The first-order chi connectivity index (χ1) is 5.75. The molecule has 63 valence electrons. The van der Waals surface area contributed by atoms with Crippen LogP contribution in [0.15, 0.2) is 24.3 Å². The second-order valence-electron chi connectivity index (χ2n) is 2.52. The minimum atomic E-state index is -0.0527. The molecule has 0 unspecified atom stereocenters. The van der Waals surface area contributed by atoms with E-state index in [-0.39, 0.29) is 5.91 Å². The van der Waals surface area contributed by atoms with Crippen LogP contribution in [0.1, 0.15) is 22.8 Å². The van der Waals surface area contributed by atoms with E-state index in [2.05, 4.69) is 12.2 Å². The normalized spacial score (nSPS) is 9.50. The molecule has 0 saturated carbocycles. The molecular formula is C10H12NO. The van der Waals surface area contributed by atoms with E-state index in [0.29, 0.717) is 12.1 Å². The SMILES string of the molecule is [CH2]c1ccccc1C(=O)NCC. The third-order valence-electron chi connectivity index (χ3n) is 1.60. The number of amides is 1. The summed E-state index contributed by atoms with van der Waals surface area (Å²) < 4.78 is 0. The second-order valence-corrected chi connectivity index (χ2v) is 2.52. The highest BCUT2D eigenvalue weighted by molar-refractivity contribution is 5.95. The van der Waals surface area contributed by atoms with Crippen LogP contribution in [-0.4, -0.2) is 12.5 Å². The van der Waals surface area contributed by atoms with Crippen molar-refractivity contribution in [3.05, 3.63) is 42.3 Å². The summed E-state index contributed by atoms with van der Waals surface area (Å²) >= 11 is 0. The molecule has 0 aliphatic carbocycles. The Morgan fingerprint density at radius 1 is 1.50 bits per heavy atom. The van der Waals surface area contributed by atoms with Gasteiger partial charge in [-0.15, -0.1) is 0 Å². The number of nitrogens with one attached hydrogen (secondary N) is 1. The van der Waals surface area contributed by atoms with E-state index in [1.165, 1.54) is 0 Å². The maximum Gasteiger partial charge on any atom is 0.251 e. The van der Waals surface area contributed by atoms with Gasteiger partial charge in [0.1, 0.15) is 0 Å². The lowest BCUT2D eigenvalue weighted by Gasteiger charge is -2.04. The van der Waals surface area contributed by atoms with E-state index in [1.54, 1.807) is 6.07 Å². The molecule has 0 atom stereocenters. The number of hydrogen-bond acceptors (Lipinski definition) is 1.